The maximum absolute atomic E-state index is 12.7. The van der Waals surface area contributed by atoms with Gasteiger partial charge in [0.1, 0.15) is 11.6 Å². The van der Waals surface area contributed by atoms with Crippen LogP contribution >= 0.6 is 0 Å². The average molecular weight is 317 g/mol. The Bertz CT molecular complexity index is 586. The summed E-state index contributed by atoms with van der Waals surface area (Å²) in [4.78, 5) is 5.70. The molecule has 8 heteroatoms. The lowest BCUT2D eigenvalue weighted by Gasteiger charge is -2.17. The minimum Gasteiger partial charge on any atom is -0.435 e. The van der Waals surface area contributed by atoms with Crippen molar-refractivity contribution in [3.8, 4) is 5.75 Å². The van der Waals surface area contributed by atoms with Gasteiger partial charge in [0.25, 0.3) is 0 Å². The average Bonchev–Trinajstić information content (AvgIpc) is 2.88. The molecule has 120 valence electrons. The third-order valence-electron chi connectivity index (χ3n) is 2.97. The molecule has 0 amide bonds. The van der Waals surface area contributed by atoms with Crippen LogP contribution in [-0.4, -0.2) is 28.1 Å². The summed E-state index contributed by atoms with van der Waals surface area (Å²) in [5, 5.41) is 0. The molecule has 0 saturated heterocycles. The zero-order chi connectivity index (χ0) is 16.1. The van der Waals surface area contributed by atoms with Crippen LogP contribution in [0.2, 0.25) is 0 Å². The molecule has 0 fully saturated rings. The second kappa shape index (κ2) is 7.26. The molecule has 0 aliphatic rings. The van der Waals surface area contributed by atoms with Gasteiger partial charge in [-0.2, -0.15) is 17.6 Å². The molecule has 0 bridgehead atoms. The van der Waals surface area contributed by atoms with E-state index in [1.165, 1.54) is 24.5 Å². The van der Waals surface area contributed by atoms with Gasteiger partial charge in [0, 0.05) is 18.9 Å². The van der Waals surface area contributed by atoms with Gasteiger partial charge < -0.3 is 4.74 Å². The lowest BCUT2D eigenvalue weighted by atomic mass is 10.2. The highest BCUT2D eigenvalue weighted by molar-refractivity contribution is 5.27. The van der Waals surface area contributed by atoms with Gasteiger partial charge in [0.15, 0.2) is 0 Å². The molecular formula is C14H15F4N3O. The van der Waals surface area contributed by atoms with Crippen LogP contribution in [-0.2, 0) is 13.1 Å². The molecule has 0 aliphatic heterocycles. The number of hydrogen-bond acceptors (Lipinski definition) is 3. The highest BCUT2D eigenvalue weighted by Crippen LogP contribution is 2.17. The van der Waals surface area contributed by atoms with Crippen LogP contribution in [0.5, 0.6) is 5.75 Å². The van der Waals surface area contributed by atoms with E-state index in [0.29, 0.717) is 6.54 Å². The molecule has 1 heterocycles. The van der Waals surface area contributed by atoms with E-state index in [-0.39, 0.29) is 18.1 Å². The first-order valence-corrected chi connectivity index (χ1v) is 6.48. The van der Waals surface area contributed by atoms with Gasteiger partial charge in [0.2, 0.25) is 0 Å². The summed E-state index contributed by atoms with van der Waals surface area (Å²) in [5.41, 5.74) is 0.847. The number of nitrogens with zero attached hydrogens (tertiary/aromatic N) is 3. The van der Waals surface area contributed by atoms with E-state index in [2.05, 4.69) is 9.72 Å². The Kier molecular flexibility index (Phi) is 5.37. The van der Waals surface area contributed by atoms with E-state index in [0.717, 1.165) is 10.1 Å². The quantitative estimate of drug-likeness (QED) is 0.732. The number of aromatic nitrogens is 2. The van der Waals surface area contributed by atoms with Crippen molar-refractivity contribution in [1.82, 2.24) is 14.5 Å². The van der Waals surface area contributed by atoms with Crippen LogP contribution in [0.4, 0.5) is 17.6 Å². The largest absolute Gasteiger partial charge is 0.435 e. The molecule has 0 unspecified atom stereocenters. The first kappa shape index (κ1) is 16.3. The van der Waals surface area contributed by atoms with Crippen LogP contribution in [0.25, 0.3) is 0 Å². The maximum atomic E-state index is 12.7. The molecule has 0 saturated carbocycles. The van der Waals surface area contributed by atoms with Crippen LogP contribution < -0.4 is 4.74 Å². The molecule has 2 rings (SSSR count). The van der Waals surface area contributed by atoms with Gasteiger partial charge in [-0.3, -0.25) is 9.47 Å². The van der Waals surface area contributed by atoms with Crippen molar-refractivity contribution >= 4 is 0 Å². The number of ether oxygens (including phenoxy) is 1. The molecule has 0 atom stereocenters. The zero-order valence-corrected chi connectivity index (χ0v) is 11.8. The summed E-state index contributed by atoms with van der Waals surface area (Å²) >= 11 is 0. The van der Waals surface area contributed by atoms with Gasteiger partial charge in [-0.05, 0) is 24.7 Å². The Morgan fingerprint density at radius 1 is 1.14 bits per heavy atom. The monoisotopic (exact) mass is 317 g/mol. The third-order valence-corrected chi connectivity index (χ3v) is 2.97. The summed E-state index contributed by atoms with van der Waals surface area (Å²) in [5.74, 6) is 0.338. The van der Waals surface area contributed by atoms with Gasteiger partial charge in [-0.25, -0.2) is 4.98 Å². The lowest BCUT2D eigenvalue weighted by Crippen LogP contribution is -2.20. The van der Waals surface area contributed by atoms with Crippen LogP contribution in [0.3, 0.4) is 0 Å². The lowest BCUT2D eigenvalue weighted by molar-refractivity contribution is -0.0498. The number of alkyl halides is 4. The van der Waals surface area contributed by atoms with Crippen molar-refractivity contribution in [1.29, 1.82) is 0 Å². The number of benzene rings is 1. The molecule has 0 aliphatic carbocycles. The molecular weight excluding hydrogens is 302 g/mol. The molecule has 0 spiro atoms. The fourth-order valence-corrected chi connectivity index (χ4v) is 2.03. The van der Waals surface area contributed by atoms with Crippen molar-refractivity contribution in [3.05, 3.63) is 48.0 Å². The molecule has 2 aromatic rings. The molecule has 0 radical (unpaired) electrons. The van der Waals surface area contributed by atoms with Gasteiger partial charge >= 0.3 is 13.2 Å². The van der Waals surface area contributed by atoms with Gasteiger partial charge in [0.05, 0.1) is 6.54 Å². The zero-order valence-electron chi connectivity index (χ0n) is 11.8. The Hall–Kier alpha value is -2.09. The second-order valence-corrected chi connectivity index (χ2v) is 4.72. The topological polar surface area (TPSA) is 30.3 Å². The molecule has 1 aromatic heterocycles. The second-order valence-electron chi connectivity index (χ2n) is 4.72. The van der Waals surface area contributed by atoms with Crippen molar-refractivity contribution < 1.29 is 22.3 Å². The van der Waals surface area contributed by atoms with Crippen molar-refractivity contribution in [2.45, 2.75) is 26.3 Å². The van der Waals surface area contributed by atoms with E-state index in [1.54, 1.807) is 24.1 Å². The summed E-state index contributed by atoms with van der Waals surface area (Å²) in [6.07, 6.45) is 2.55. The van der Waals surface area contributed by atoms with E-state index >= 15 is 0 Å². The van der Waals surface area contributed by atoms with E-state index in [1.807, 2.05) is 0 Å². The Morgan fingerprint density at radius 3 is 2.41 bits per heavy atom. The fourth-order valence-electron chi connectivity index (χ4n) is 2.03. The number of rotatable bonds is 7. The smallest absolute Gasteiger partial charge is 0.387 e. The van der Waals surface area contributed by atoms with E-state index in [4.69, 9.17) is 0 Å². The van der Waals surface area contributed by atoms with Crippen molar-refractivity contribution in [2.24, 2.45) is 0 Å². The Morgan fingerprint density at radius 2 is 1.82 bits per heavy atom. The minimum absolute atomic E-state index is 0.0784. The fraction of sp³-hybridized carbons (Fsp3) is 0.357. The molecule has 4 nitrogen and oxygen atoms in total. The Labute approximate surface area is 124 Å². The minimum atomic E-state index is -2.86. The number of hydrogen-bond donors (Lipinski definition) is 0. The third kappa shape index (κ3) is 4.45. The normalized spacial score (nSPS) is 11.6. The predicted octanol–water partition coefficient (Wildman–Crippen LogP) is 3.51. The SMILES string of the molecule is CN(Cc1ccc(OC(F)F)cc1)Cc1nccn1C(F)F. The van der Waals surface area contributed by atoms with Gasteiger partial charge in [-0.15, -0.1) is 0 Å². The summed E-state index contributed by atoms with van der Waals surface area (Å²) in [6.45, 7) is -4.78. The number of imidazole rings is 1. The standard InChI is InChI=1S/C14H15F4N3O/c1-20(9-12-19-6-7-21(12)13(15)16)8-10-2-4-11(5-3-10)22-14(17)18/h2-7,13-14H,8-9H2,1H3. The van der Waals surface area contributed by atoms with Crippen LogP contribution in [0.15, 0.2) is 36.7 Å². The van der Waals surface area contributed by atoms with Crippen LogP contribution in [0.1, 0.15) is 17.9 Å². The predicted molar refractivity (Wildman–Crippen MR) is 71.7 cm³/mol. The summed E-state index contributed by atoms with van der Waals surface area (Å²) < 4.78 is 54.6. The highest BCUT2D eigenvalue weighted by Gasteiger charge is 2.13. The summed E-state index contributed by atoms with van der Waals surface area (Å²) in [6, 6.07) is 6.17. The molecule has 0 N–H and O–H groups in total. The van der Waals surface area contributed by atoms with Crippen LogP contribution in [0, 0.1) is 0 Å². The van der Waals surface area contributed by atoms with Crippen molar-refractivity contribution in [2.75, 3.05) is 7.05 Å². The summed E-state index contributed by atoms with van der Waals surface area (Å²) in [7, 11) is 1.76. The molecule has 1 aromatic carbocycles. The Balaban J connectivity index is 1.94. The first-order chi connectivity index (χ1) is 10.5. The van der Waals surface area contributed by atoms with Crippen molar-refractivity contribution in [3.63, 3.8) is 0 Å². The molecule has 22 heavy (non-hydrogen) atoms. The maximum Gasteiger partial charge on any atom is 0.387 e. The van der Waals surface area contributed by atoms with Gasteiger partial charge in [-0.1, -0.05) is 12.1 Å². The van der Waals surface area contributed by atoms with E-state index < -0.39 is 13.2 Å². The number of halogens is 4. The van der Waals surface area contributed by atoms with E-state index in [9.17, 15) is 17.6 Å². The highest BCUT2D eigenvalue weighted by atomic mass is 19.3. The first-order valence-electron chi connectivity index (χ1n) is 6.48.